The molecule has 136 valence electrons. The number of aromatic nitrogens is 4. The van der Waals surface area contributed by atoms with Gasteiger partial charge in [0.05, 0.1) is 5.25 Å². The fraction of sp³-hybridized carbons (Fsp3) is 0.190. The summed E-state index contributed by atoms with van der Waals surface area (Å²) in [6, 6.07) is 16.4. The second-order valence-corrected chi connectivity index (χ2v) is 7.80. The van der Waals surface area contributed by atoms with Crippen molar-refractivity contribution in [1.82, 2.24) is 19.7 Å². The third-order valence-corrected chi connectivity index (χ3v) is 5.32. The fourth-order valence-electron chi connectivity index (χ4n) is 2.77. The summed E-state index contributed by atoms with van der Waals surface area (Å²) in [7, 11) is 0. The van der Waals surface area contributed by atoms with E-state index in [9.17, 15) is 0 Å². The molecular weight excluding hydrogens is 356 g/mol. The molecule has 5 nitrogen and oxygen atoms in total. The minimum absolute atomic E-state index is 0.0114. The number of imidazole rings is 1. The van der Waals surface area contributed by atoms with Crippen LogP contribution in [0.5, 0.6) is 0 Å². The van der Waals surface area contributed by atoms with Gasteiger partial charge in [0.2, 0.25) is 11.8 Å². The molecule has 2 heterocycles. The Balaban J connectivity index is 1.55. The second kappa shape index (κ2) is 7.40. The molecular formula is C21H20N4OS. The number of aryl methyl sites for hydroxylation is 2. The van der Waals surface area contributed by atoms with Gasteiger partial charge in [-0.1, -0.05) is 41.6 Å². The molecule has 0 aliphatic rings. The quantitative estimate of drug-likeness (QED) is 0.437. The maximum atomic E-state index is 5.90. The van der Waals surface area contributed by atoms with Crippen LogP contribution < -0.4 is 0 Å². The average molecular weight is 376 g/mol. The molecule has 0 amide bonds. The van der Waals surface area contributed by atoms with E-state index in [2.05, 4.69) is 51.8 Å². The Hall–Kier alpha value is -2.86. The van der Waals surface area contributed by atoms with Crippen LogP contribution in [0.4, 0.5) is 0 Å². The molecule has 6 heteroatoms. The Kier molecular flexibility index (Phi) is 4.81. The normalized spacial score (nSPS) is 12.3. The first-order valence-corrected chi connectivity index (χ1v) is 9.65. The van der Waals surface area contributed by atoms with E-state index in [1.807, 2.05) is 49.6 Å². The Labute approximate surface area is 162 Å². The number of benzene rings is 2. The molecule has 0 bridgehead atoms. The van der Waals surface area contributed by atoms with Crippen LogP contribution in [-0.2, 0) is 0 Å². The first kappa shape index (κ1) is 17.5. The molecule has 2 aromatic carbocycles. The summed E-state index contributed by atoms with van der Waals surface area (Å²) >= 11 is 1.60. The van der Waals surface area contributed by atoms with Crippen molar-refractivity contribution in [3.63, 3.8) is 0 Å². The van der Waals surface area contributed by atoms with Gasteiger partial charge in [0, 0.05) is 23.6 Å². The first-order chi connectivity index (χ1) is 13.1. The summed E-state index contributed by atoms with van der Waals surface area (Å²) in [5.41, 5.74) is 4.43. The molecule has 0 spiro atoms. The number of nitrogens with zero attached hydrogens (tertiary/aromatic N) is 4. The van der Waals surface area contributed by atoms with E-state index in [1.165, 1.54) is 11.1 Å². The van der Waals surface area contributed by atoms with Crippen molar-refractivity contribution in [2.24, 2.45) is 0 Å². The summed E-state index contributed by atoms with van der Waals surface area (Å²) in [5.74, 6) is 1.13. The average Bonchev–Trinajstić information content (AvgIpc) is 3.32. The number of thioether (sulfide) groups is 1. The zero-order valence-corrected chi connectivity index (χ0v) is 16.3. The van der Waals surface area contributed by atoms with Gasteiger partial charge < -0.3 is 4.42 Å². The van der Waals surface area contributed by atoms with Crippen LogP contribution in [0, 0.1) is 13.8 Å². The Bertz CT molecular complexity index is 1050. The van der Waals surface area contributed by atoms with E-state index in [-0.39, 0.29) is 5.25 Å². The Morgan fingerprint density at radius 2 is 1.81 bits per heavy atom. The fourth-order valence-corrected chi connectivity index (χ4v) is 3.69. The third-order valence-electron chi connectivity index (χ3n) is 4.26. The lowest BCUT2D eigenvalue weighted by Crippen LogP contribution is -1.98. The molecule has 0 saturated heterocycles. The number of rotatable bonds is 5. The molecule has 0 fully saturated rings. The molecule has 1 atom stereocenters. The summed E-state index contributed by atoms with van der Waals surface area (Å²) in [6.07, 6.45) is 3.78. The van der Waals surface area contributed by atoms with Gasteiger partial charge in [0.25, 0.3) is 0 Å². The number of hydrogen-bond acceptors (Lipinski definition) is 5. The van der Waals surface area contributed by atoms with Crippen molar-refractivity contribution in [3.05, 3.63) is 77.9 Å². The van der Waals surface area contributed by atoms with Gasteiger partial charge in [-0.05, 0) is 50.6 Å². The maximum Gasteiger partial charge on any atom is 0.247 e. The predicted molar refractivity (Wildman–Crippen MR) is 107 cm³/mol. The summed E-state index contributed by atoms with van der Waals surface area (Å²) in [4.78, 5) is 4.50. The molecule has 0 saturated carbocycles. The lowest BCUT2D eigenvalue weighted by molar-refractivity contribution is 0.509. The van der Waals surface area contributed by atoms with Gasteiger partial charge in [-0.2, -0.15) is 0 Å². The van der Waals surface area contributed by atoms with E-state index in [0.29, 0.717) is 11.8 Å². The van der Waals surface area contributed by atoms with Crippen molar-refractivity contribution in [2.75, 3.05) is 0 Å². The lowest BCUT2D eigenvalue weighted by Gasteiger charge is -2.10. The van der Waals surface area contributed by atoms with Crippen LogP contribution in [0.3, 0.4) is 0 Å². The first-order valence-electron chi connectivity index (χ1n) is 8.77. The van der Waals surface area contributed by atoms with Crippen molar-refractivity contribution in [1.29, 1.82) is 0 Å². The van der Waals surface area contributed by atoms with Crippen LogP contribution in [-0.4, -0.2) is 19.7 Å². The van der Waals surface area contributed by atoms with E-state index >= 15 is 0 Å². The van der Waals surface area contributed by atoms with Gasteiger partial charge in [-0.3, -0.25) is 4.57 Å². The van der Waals surface area contributed by atoms with Crippen molar-refractivity contribution in [2.45, 2.75) is 31.2 Å². The smallest absolute Gasteiger partial charge is 0.247 e. The molecule has 1 unspecified atom stereocenters. The molecule has 27 heavy (non-hydrogen) atoms. The summed E-state index contributed by atoms with van der Waals surface area (Å²) in [5, 5.41) is 9.32. The minimum atomic E-state index is -0.0114. The molecule has 4 rings (SSSR count). The standard InChI is InChI=1S/C21H20N4OS/c1-14-7-9-17(10-8-14)20-24-23-19(26-20)16(3)27-21-22-11-12-25(21)18-6-4-5-15(2)13-18/h4-13,16H,1-3H3. The molecule has 0 radical (unpaired) electrons. The predicted octanol–water partition coefficient (Wildman–Crippen LogP) is 5.39. The highest BCUT2D eigenvalue weighted by molar-refractivity contribution is 7.99. The molecule has 0 aliphatic carbocycles. The van der Waals surface area contributed by atoms with Gasteiger partial charge >= 0.3 is 0 Å². The minimum Gasteiger partial charge on any atom is -0.419 e. The topological polar surface area (TPSA) is 56.7 Å². The van der Waals surface area contributed by atoms with Crippen LogP contribution in [0.25, 0.3) is 17.1 Å². The van der Waals surface area contributed by atoms with Crippen molar-refractivity contribution in [3.8, 4) is 17.1 Å². The highest BCUT2D eigenvalue weighted by Crippen LogP contribution is 2.35. The van der Waals surface area contributed by atoms with Crippen LogP contribution in [0.1, 0.15) is 29.2 Å². The van der Waals surface area contributed by atoms with Gasteiger partial charge in [0.1, 0.15) is 0 Å². The number of hydrogen-bond donors (Lipinski definition) is 0. The van der Waals surface area contributed by atoms with Gasteiger partial charge in [0.15, 0.2) is 5.16 Å². The molecule has 2 aromatic heterocycles. The maximum absolute atomic E-state index is 5.90. The van der Waals surface area contributed by atoms with E-state index < -0.39 is 0 Å². The zero-order valence-electron chi connectivity index (χ0n) is 15.5. The van der Waals surface area contributed by atoms with E-state index in [0.717, 1.165) is 16.4 Å². The van der Waals surface area contributed by atoms with E-state index in [4.69, 9.17) is 4.42 Å². The highest BCUT2D eigenvalue weighted by Gasteiger charge is 2.19. The van der Waals surface area contributed by atoms with Crippen molar-refractivity contribution < 1.29 is 4.42 Å². The molecule has 0 aliphatic heterocycles. The van der Waals surface area contributed by atoms with Crippen LogP contribution in [0.2, 0.25) is 0 Å². The highest BCUT2D eigenvalue weighted by atomic mass is 32.2. The van der Waals surface area contributed by atoms with Crippen LogP contribution in [0.15, 0.2) is 70.5 Å². The Morgan fingerprint density at radius 3 is 2.59 bits per heavy atom. The SMILES string of the molecule is Cc1ccc(-c2nnc(C(C)Sc3nccn3-c3cccc(C)c3)o2)cc1. The molecule has 4 aromatic rings. The monoisotopic (exact) mass is 376 g/mol. The van der Waals surface area contributed by atoms with Crippen molar-refractivity contribution >= 4 is 11.8 Å². The molecule has 0 N–H and O–H groups in total. The zero-order chi connectivity index (χ0) is 18.8. The summed E-state index contributed by atoms with van der Waals surface area (Å²) in [6.45, 7) is 6.19. The third kappa shape index (κ3) is 3.80. The van der Waals surface area contributed by atoms with Gasteiger partial charge in [-0.25, -0.2) is 4.98 Å². The second-order valence-electron chi connectivity index (χ2n) is 6.49. The van der Waals surface area contributed by atoms with Gasteiger partial charge in [-0.15, -0.1) is 10.2 Å². The lowest BCUT2D eigenvalue weighted by atomic mass is 10.1. The Morgan fingerprint density at radius 1 is 1.00 bits per heavy atom. The summed E-state index contributed by atoms with van der Waals surface area (Å²) < 4.78 is 7.98. The van der Waals surface area contributed by atoms with Crippen LogP contribution >= 0.6 is 11.8 Å². The van der Waals surface area contributed by atoms with E-state index in [1.54, 1.807) is 11.8 Å². The largest absolute Gasteiger partial charge is 0.419 e.